The van der Waals surface area contributed by atoms with E-state index in [1.54, 1.807) is 6.08 Å². The van der Waals surface area contributed by atoms with Gasteiger partial charge >= 0.3 is 0 Å². The Labute approximate surface area is 299 Å². The summed E-state index contributed by atoms with van der Waals surface area (Å²) in [5.41, 5.74) is 0. The van der Waals surface area contributed by atoms with E-state index in [0.717, 1.165) is 32.1 Å². The first kappa shape index (κ1) is 46.8. The third kappa shape index (κ3) is 33.3. The van der Waals surface area contributed by atoms with Crippen molar-refractivity contribution in [2.45, 2.75) is 238 Å². The van der Waals surface area contributed by atoms with Crippen LogP contribution < -0.4 is 5.32 Å². The largest absolute Gasteiger partial charge is 0.394 e. The van der Waals surface area contributed by atoms with Crippen molar-refractivity contribution in [1.82, 2.24) is 5.32 Å². The van der Waals surface area contributed by atoms with Crippen LogP contribution in [0.25, 0.3) is 0 Å². The van der Waals surface area contributed by atoms with Crippen LogP contribution in [-0.2, 0) is 4.79 Å². The molecule has 5 nitrogen and oxygen atoms in total. The number of rotatable bonds is 38. The van der Waals surface area contributed by atoms with E-state index >= 15 is 0 Å². The number of hydrogen-bond acceptors (Lipinski definition) is 4. The van der Waals surface area contributed by atoms with Crippen LogP contribution >= 0.6 is 0 Å². The minimum Gasteiger partial charge on any atom is -0.394 e. The standard InChI is InChI=1S/C43H83NO4/c1-3-5-7-9-11-13-15-17-19-20-21-22-23-24-26-27-29-31-33-35-37-41(46)40(39-45)44-43(48)42(47)38-36-34-32-30-28-25-18-16-14-12-10-8-6-4-2/h14,16,35,37,40-42,45-47H,3-13,15,17-34,36,38-39H2,1-2H3,(H,44,48)/b16-14-,37-35+. The van der Waals surface area contributed by atoms with E-state index in [2.05, 4.69) is 31.3 Å². The van der Waals surface area contributed by atoms with E-state index in [1.165, 1.54) is 167 Å². The summed E-state index contributed by atoms with van der Waals surface area (Å²) in [7, 11) is 0. The summed E-state index contributed by atoms with van der Waals surface area (Å²) in [5, 5.41) is 33.1. The van der Waals surface area contributed by atoms with Crippen LogP contribution in [0.1, 0.15) is 219 Å². The lowest BCUT2D eigenvalue weighted by Gasteiger charge is -2.21. The second kappa shape index (κ2) is 38.6. The number of unbranched alkanes of at least 4 members (excludes halogenated alkanes) is 28. The lowest BCUT2D eigenvalue weighted by atomic mass is 10.0. The van der Waals surface area contributed by atoms with Crippen molar-refractivity contribution in [2.24, 2.45) is 0 Å². The zero-order chi connectivity index (χ0) is 35.2. The van der Waals surface area contributed by atoms with Crippen molar-refractivity contribution in [3.05, 3.63) is 24.3 Å². The summed E-state index contributed by atoms with van der Waals surface area (Å²) in [6, 6.07) is -0.797. The molecule has 3 atom stereocenters. The zero-order valence-electron chi connectivity index (χ0n) is 32.1. The normalized spacial score (nSPS) is 13.9. The predicted octanol–water partition coefficient (Wildman–Crippen LogP) is 11.8. The zero-order valence-corrected chi connectivity index (χ0v) is 32.1. The second-order valence-electron chi connectivity index (χ2n) is 14.6. The number of carbonyl (C=O) groups is 1. The van der Waals surface area contributed by atoms with Crippen molar-refractivity contribution in [3.8, 4) is 0 Å². The van der Waals surface area contributed by atoms with Gasteiger partial charge in [-0.15, -0.1) is 0 Å². The highest BCUT2D eigenvalue weighted by molar-refractivity contribution is 5.80. The highest BCUT2D eigenvalue weighted by atomic mass is 16.3. The molecule has 4 N–H and O–H groups in total. The first-order chi connectivity index (χ1) is 23.6. The van der Waals surface area contributed by atoms with Gasteiger partial charge in [-0.05, 0) is 44.9 Å². The van der Waals surface area contributed by atoms with Crippen LogP contribution in [0.4, 0.5) is 0 Å². The molecule has 0 aromatic rings. The Balaban J connectivity index is 3.68. The third-order valence-corrected chi connectivity index (χ3v) is 9.79. The van der Waals surface area contributed by atoms with Crippen molar-refractivity contribution in [1.29, 1.82) is 0 Å². The Morgan fingerprint density at radius 1 is 0.500 bits per heavy atom. The molecule has 0 radical (unpaired) electrons. The third-order valence-electron chi connectivity index (χ3n) is 9.79. The van der Waals surface area contributed by atoms with Gasteiger partial charge in [0.25, 0.3) is 0 Å². The molecule has 0 aliphatic carbocycles. The van der Waals surface area contributed by atoms with Crippen molar-refractivity contribution >= 4 is 5.91 Å². The van der Waals surface area contributed by atoms with E-state index in [9.17, 15) is 20.1 Å². The molecule has 0 rings (SSSR count). The molecule has 1 amide bonds. The first-order valence-corrected chi connectivity index (χ1v) is 21.2. The molecule has 5 heteroatoms. The number of carbonyl (C=O) groups excluding carboxylic acids is 1. The molecule has 0 fully saturated rings. The maximum Gasteiger partial charge on any atom is 0.249 e. The van der Waals surface area contributed by atoms with Gasteiger partial charge in [-0.1, -0.05) is 199 Å². The summed E-state index contributed by atoms with van der Waals surface area (Å²) >= 11 is 0. The minimum atomic E-state index is -1.10. The Bertz CT molecular complexity index is 709. The average molecular weight is 678 g/mol. The summed E-state index contributed by atoms with van der Waals surface area (Å²) < 4.78 is 0. The summed E-state index contributed by atoms with van der Waals surface area (Å²) in [4.78, 5) is 12.4. The molecule has 0 spiro atoms. The maximum absolute atomic E-state index is 12.4. The van der Waals surface area contributed by atoms with E-state index in [-0.39, 0.29) is 6.61 Å². The van der Waals surface area contributed by atoms with Crippen LogP contribution in [0.5, 0.6) is 0 Å². The Kier molecular flexibility index (Phi) is 37.7. The highest BCUT2D eigenvalue weighted by Gasteiger charge is 2.22. The topological polar surface area (TPSA) is 89.8 Å². The SMILES string of the molecule is CCCCCC/C=C\CCCCCCCCC(O)C(=O)NC(CO)C(O)/C=C/CCCCCCCCCCCCCCCCCCCC. The van der Waals surface area contributed by atoms with Gasteiger partial charge in [0.1, 0.15) is 6.10 Å². The number of allylic oxidation sites excluding steroid dienone is 3. The average Bonchev–Trinajstić information content (AvgIpc) is 3.09. The Morgan fingerprint density at radius 3 is 1.23 bits per heavy atom. The van der Waals surface area contributed by atoms with Gasteiger partial charge in [0, 0.05) is 0 Å². The first-order valence-electron chi connectivity index (χ1n) is 21.2. The van der Waals surface area contributed by atoms with Gasteiger partial charge in [0.2, 0.25) is 5.91 Å². The predicted molar refractivity (Wildman–Crippen MR) is 208 cm³/mol. The molecule has 0 aliphatic heterocycles. The summed E-state index contributed by atoms with van der Waals surface area (Å²) in [6.07, 6.45) is 46.3. The fourth-order valence-corrected chi connectivity index (χ4v) is 6.41. The van der Waals surface area contributed by atoms with E-state index < -0.39 is 24.2 Å². The molecular weight excluding hydrogens is 594 g/mol. The van der Waals surface area contributed by atoms with Crippen LogP contribution in [0.2, 0.25) is 0 Å². The van der Waals surface area contributed by atoms with E-state index in [0.29, 0.717) is 6.42 Å². The molecule has 0 bridgehead atoms. The van der Waals surface area contributed by atoms with Gasteiger partial charge in [-0.3, -0.25) is 4.79 Å². The number of amides is 1. The van der Waals surface area contributed by atoms with E-state index in [4.69, 9.17) is 0 Å². The molecule has 48 heavy (non-hydrogen) atoms. The highest BCUT2D eigenvalue weighted by Crippen LogP contribution is 2.15. The minimum absolute atomic E-state index is 0.364. The lowest BCUT2D eigenvalue weighted by Crippen LogP contribution is -2.48. The number of nitrogens with one attached hydrogen (secondary N) is 1. The molecule has 0 aromatic heterocycles. The molecule has 0 saturated heterocycles. The van der Waals surface area contributed by atoms with Gasteiger partial charge in [0.05, 0.1) is 18.8 Å². The summed E-state index contributed by atoms with van der Waals surface area (Å²) in [6.45, 7) is 4.17. The number of aliphatic hydroxyl groups is 3. The van der Waals surface area contributed by atoms with Gasteiger partial charge < -0.3 is 20.6 Å². The molecule has 3 unspecified atom stereocenters. The van der Waals surface area contributed by atoms with Crippen molar-refractivity contribution in [2.75, 3.05) is 6.61 Å². The Hall–Kier alpha value is -1.17. The smallest absolute Gasteiger partial charge is 0.249 e. The fourth-order valence-electron chi connectivity index (χ4n) is 6.41. The van der Waals surface area contributed by atoms with Crippen molar-refractivity contribution in [3.63, 3.8) is 0 Å². The van der Waals surface area contributed by atoms with Crippen LogP contribution in [0.3, 0.4) is 0 Å². The Morgan fingerprint density at radius 2 is 0.833 bits per heavy atom. The van der Waals surface area contributed by atoms with Crippen molar-refractivity contribution < 1.29 is 20.1 Å². The van der Waals surface area contributed by atoms with Crippen LogP contribution in [-0.4, -0.2) is 46.1 Å². The summed E-state index contributed by atoms with van der Waals surface area (Å²) in [5.74, 6) is -0.508. The van der Waals surface area contributed by atoms with Gasteiger partial charge in [-0.25, -0.2) is 0 Å². The molecular formula is C43H83NO4. The fraction of sp³-hybridized carbons (Fsp3) is 0.884. The number of aliphatic hydroxyl groups excluding tert-OH is 3. The molecule has 0 aliphatic rings. The second-order valence-corrected chi connectivity index (χ2v) is 14.6. The number of hydrogen-bond donors (Lipinski definition) is 4. The van der Waals surface area contributed by atoms with Crippen LogP contribution in [0, 0.1) is 0 Å². The maximum atomic E-state index is 12.4. The molecule has 0 saturated carbocycles. The van der Waals surface area contributed by atoms with E-state index in [1.807, 2.05) is 6.08 Å². The molecule has 0 heterocycles. The lowest BCUT2D eigenvalue weighted by molar-refractivity contribution is -0.131. The van der Waals surface area contributed by atoms with Crippen LogP contribution in [0.15, 0.2) is 24.3 Å². The molecule has 0 aromatic carbocycles. The molecule has 284 valence electrons. The monoisotopic (exact) mass is 678 g/mol. The quantitative estimate of drug-likeness (QED) is 0.0387. The van der Waals surface area contributed by atoms with Gasteiger partial charge in [-0.2, -0.15) is 0 Å². The van der Waals surface area contributed by atoms with Gasteiger partial charge in [0.15, 0.2) is 0 Å².